The Labute approximate surface area is 145 Å². The molecule has 3 rings (SSSR count). The van der Waals surface area contributed by atoms with Crippen molar-refractivity contribution in [3.63, 3.8) is 0 Å². The molecule has 1 aliphatic rings. The predicted octanol–water partition coefficient (Wildman–Crippen LogP) is 2.10. The maximum atomic E-state index is 13.6. The predicted molar refractivity (Wildman–Crippen MR) is 94.1 cm³/mol. The van der Waals surface area contributed by atoms with Crippen LogP contribution in [0.25, 0.3) is 0 Å². The number of pyridine rings is 1. The minimum atomic E-state index is -2.98. The van der Waals surface area contributed by atoms with Gasteiger partial charge >= 0.3 is 0 Å². The number of hydrogen-bond acceptors (Lipinski definition) is 5. The van der Waals surface area contributed by atoms with Crippen molar-refractivity contribution in [2.24, 2.45) is 0 Å². The highest BCUT2D eigenvalue weighted by Crippen LogP contribution is 2.22. The summed E-state index contributed by atoms with van der Waals surface area (Å²) < 4.78 is 36.8. The van der Waals surface area contributed by atoms with Crippen LogP contribution in [0.5, 0.6) is 0 Å². The van der Waals surface area contributed by atoms with Gasteiger partial charge in [-0.05, 0) is 30.7 Å². The van der Waals surface area contributed by atoms with Gasteiger partial charge in [-0.25, -0.2) is 17.8 Å². The number of carbonyl (C=O) groups is 1. The normalized spacial score (nSPS) is 18.7. The van der Waals surface area contributed by atoms with E-state index in [-0.39, 0.29) is 23.2 Å². The third-order valence-electron chi connectivity index (χ3n) is 4.25. The fraction of sp³-hybridized carbons (Fsp3) is 0.294. The minimum Gasteiger partial charge on any atom is -0.356 e. The van der Waals surface area contributed by atoms with E-state index in [1.807, 2.05) is 4.90 Å². The molecule has 2 heterocycles. The van der Waals surface area contributed by atoms with Crippen molar-refractivity contribution in [3.8, 4) is 0 Å². The van der Waals surface area contributed by atoms with Crippen LogP contribution in [0.1, 0.15) is 16.8 Å². The lowest BCUT2D eigenvalue weighted by atomic mass is 10.2. The van der Waals surface area contributed by atoms with E-state index in [1.165, 1.54) is 18.3 Å². The zero-order valence-electron chi connectivity index (χ0n) is 13.6. The molecule has 1 saturated heterocycles. The third-order valence-corrected chi connectivity index (χ3v) is 6.00. The van der Waals surface area contributed by atoms with Crippen molar-refractivity contribution in [3.05, 3.63) is 54.0 Å². The minimum absolute atomic E-state index is 0.102. The first-order valence-corrected chi connectivity index (χ1v) is 9.63. The zero-order valence-corrected chi connectivity index (χ0v) is 14.5. The summed E-state index contributed by atoms with van der Waals surface area (Å²) in [5.41, 5.74) is 0.393. The van der Waals surface area contributed by atoms with Gasteiger partial charge in [0.05, 0.1) is 22.8 Å². The average Bonchev–Trinajstić information content (AvgIpc) is 2.96. The van der Waals surface area contributed by atoms with E-state index < -0.39 is 21.6 Å². The molecular weight excluding hydrogens is 345 g/mol. The SMILES string of the molecule is CN(c1ccc(C(=O)Nc2ccccc2F)cn1)C1CCS(=O)(=O)C1. The summed E-state index contributed by atoms with van der Waals surface area (Å²) in [4.78, 5) is 18.2. The van der Waals surface area contributed by atoms with Gasteiger partial charge in [-0.2, -0.15) is 0 Å². The molecule has 1 N–H and O–H groups in total. The first-order chi connectivity index (χ1) is 11.9. The highest BCUT2D eigenvalue weighted by atomic mass is 32.2. The summed E-state index contributed by atoms with van der Waals surface area (Å²) in [5.74, 6) is -0.0892. The van der Waals surface area contributed by atoms with Gasteiger partial charge < -0.3 is 10.2 Å². The van der Waals surface area contributed by atoms with E-state index in [0.717, 1.165) is 0 Å². The fourth-order valence-corrected chi connectivity index (χ4v) is 4.53. The van der Waals surface area contributed by atoms with Crippen LogP contribution < -0.4 is 10.2 Å². The molecule has 0 radical (unpaired) electrons. The summed E-state index contributed by atoms with van der Waals surface area (Å²) in [6, 6.07) is 9.03. The molecule has 0 saturated carbocycles. The molecular formula is C17H18FN3O3S. The van der Waals surface area contributed by atoms with E-state index in [4.69, 9.17) is 0 Å². The lowest BCUT2D eigenvalue weighted by Crippen LogP contribution is -2.33. The quantitative estimate of drug-likeness (QED) is 0.900. The van der Waals surface area contributed by atoms with Crippen LogP contribution in [0.15, 0.2) is 42.6 Å². The Morgan fingerprint density at radius 1 is 1.28 bits per heavy atom. The van der Waals surface area contributed by atoms with Crippen molar-refractivity contribution in [2.45, 2.75) is 12.5 Å². The Kier molecular flexibility index (Phi) is 4.71. The Hall–Kier alpha value is -2.48. The molecule has 0 aliphatic carbocycles. The van der Waals surface area contributed by atoms with E-state index in [1.54, 1.807) is 31.3 Å². The number of nitrogens with zero attached hydrogens (tertiary/aromatic N) is 2. The molecule has 1 aromatic carbocycles. The molecule has 0 spiro atoms. The molecule has 6 nitrogen and oxygen atoms in total. The number of nitrogens with one attached hydrogen (secondary N) is 1. The first-order valence-electron chi connectivity index (χ1n) is 7.81. The topological polar surface area (TPSA) is 79.4 Å². The molecule has 1 unspecified atom stereocenters. The smallest absolute Gasteiger partial charge is 0.257 e. The molecule has 1 aromatic heterocycles. The van der Waals surface area contributed by atoms with Crippen molar-refractivity contribution < 1.29 is 17.6 Å². The second kappa shape index (κ2) is 6.79. The number of carbonyl (C=O) groups excluding carboxylic acids is 1. The summed E-state index contributed by atoms with van der Waals surface area (Å²) in [7, 11) is -1.19. The van der Waals surface area contributed by atoms with Crippen molar-refractivity contribution >= 4 is 27.2 Å². The number of para-hydroxylation sites is 1. The zero-order chi connectivity index (χ0) is 18.0. The number of sulfone groups is 1. The number of benzene rings is 1. The van der Waals surface area contributed by atoms with Gasteiger partial charge in [0.1, 0.15) is 11.6 Å². The summed E-state index contributed by atoms with van der Waals surface area (Å²) in [6.45, 7) is 0. The molecule has 1 amide bonds. The van der Waals surface area contributed by atoms with E-state index in [2.05, 4.69) is 10.3 Å². The van der Waals surface area contributed by atoms with Gasteiger partial charge in [-0.15, -0.1) is 0 Å². The molecule has 25 heavy (non-hydrogen) atoms. The molecule has 1 fully saturated rings. The summed E-state index contributed by atoms with van der Waals surface area (Å²) >= 11 is 0. The van der Waals surface area contributed by atoms with Crippen molar-refractivity contribution in [1.82, 2.24) is 4.98 Å². The van der Waals surface area contributed by atoms with Gasteiger partial charge in [-0.3, -0.25) is 4.79 Å². The molecule has 2 aromatic rings. The van der Waals surface area contributed by atoms with Gasteiger partial charge in [0.2, 0.25) is 0 Å². The maximum Gasteiger partial charge on any atom is 0.257 e. The van der Waals surface area contributed by atoms with Crippen LogP contribution in [0.2, 0.25) is 0 Å². The number of anilines is 2. The second-order valence-corrected chi connectivity index (χ2v) is 8.24. The number of halogens is 1. The van der Waals surface area contributed by atoms with Crippen LogP contribution in [-0.2, 0) is 9.84 Å². The second-order valence-electron chi connectivity index (χ2n) is 6.01. The maximum absolute atomic E-state index is 13.6. The van der Waals surface area contributed by atoms with E-state index >= 15 is 0 Å². The largest absolute Gasteiger partial charge is 0.356 e. The fourth-order valence-electron chi connectivity index (χ4n) is 2.75. The van der Waals surface area contributed by atoms with Gasteiger partial charge in [0.25, 0.3) is 5.91 Å². The van der Waals surface area contributed by atoms with Gasteiger partial charge in [0, 0.05) is 19.3 Å². The first kappa shape index (κ1) is 17.3. The highest BCUT2D eigenvalue weighted by Gasteiger charge is 2.31. The molecule has 1 atom stereocenters. The third kappa shape index (κ3) is 3.96. The summed E-state index contributed by atoms with van der Waals surface area (Å²) in [5, 5.41) is 2.49. The number of hydrogen-bond donors (Lipinski definition) is 1. The van der Waals surface area contributed by atoms with Crippen LogP contribution in [-0.4, -0.2) is 43.9 Å². The Bertz CT molecular complexity index is 884. The molecule has 8 heteroatoms. The number of amides is 1. The lowest BCUT2D eigenvalue weighted by molar-refractivity contribution is 0.102. The van der Waals surface area contributed by atoms with Crippen LogP contribution in [0.3, 0.4) is 0 Å². The van der Waals surface area contributed by atoms with Crippen LogP contribution in [0.4, 0.5) is 15.9 Å². The van der Waals surface area contributed by atoms with Crippen LogP contribution in [0, 0.1) is 5.82 Å². The summed E-state index contributed by atoms with van der Waals surface area (Å²) in [6.07, 6.45) is 1.96. The van der Waals surface area contributed by atoms with Gasteiger partial charge in [-0.1, -0.05) is 12.1 Å². The Morgan fingerprint density at radius 2 is 2.04 bits per heavy atom. The number of aromatic nitrogens is 1. The van der Waals surface area contributed by atoms with Crippen molar-refractivity contribution in [2.75, 3.05) is 28.8 Å². The molecule has 132 valence electrons. The van der Waals surface area contributed by atoms with Gasteiger partial charge in [0.15, 0.2) is 9.84 Å². The number of rotatable bonds is 4. The standard InChI is InChI=1S/C17H18FN3O3S/c1-21(13-8-9-25(23,24)11-13)16-7-6-12(10-19-16)17(22)20-15-5-3-2-4-14(15)18/h2-7,10,13H,8-9,11H2,1H3,(H,20,22). The molecule has 0 bridgehead atoms. The lowest BCUT2D eigenvalue weighted by Gasteiger charge is -2.24. The van der Waals surface area contributed by atoms with E-state index in [9.17, 15) is 17.6 Å². The Balaban J connectivity index is 1.69. The van der Waals surface area contributed by atoms with Crippen molar-refractivity contribution in [1.29, 1.82) is 0 Å². The molecule has 1 aliphatic heterocycles. The van der Waals surface area contributed by atoms with E-state index in [0.29, 0.717) is 17.8 Å². The monoisotopic (exact) mass is 363 g/mol. The van der Waals surface area contributed by atoms with Crippen LogP contribution >= 0.6 is 0 Å². The highest BCUT2D eigenvalue weighted by molar-refractivity contribution is 7.91. The average molecular weight is 363 g/mol. The Morgan fingerprint density at radius 3 is 2.64 bits per heavy atom.